The van der Waals surface area contributed by atoms with Crippen molar-refractivity contribution in [2.75, 3.05) is 25.6 Å². The quantitative estimate of drug-likeness (QED) is 0.818. The molecule has 0 bridgehead atoms. The Balaban J connectivity index is 2.07. The van der Waals surface area contributed by atoms with Gasteiger partial charge in [0.05, 0.1) is 18.4 Å². The van der Waals surface area contributed by atoms with Gasteiger partial charge in [-0.3, -0.25) is 0 Å². The first kappa shape index (κ1) is 14.2. The smallest absolute Gasteiger partial charge is 0.133 e. The predicted molar refractivity (Wildman–Crippen MR) is 74.2 cm³/mol. The second kappa shape index (κ2) is 7.40. The van der Waals surface area contributed by atoms with Gasteiger partial charge in [0, 0.05) is 32.7 Å². The molecule has 1 aliphatic heterocycles. The second-order valence-corrected chi connectivity index (χ2v) is 4.86. The zero-order valence-corrected chi connectivity index (χ0v) is 11.8. The number of anilines is 1. The molecule has 0 spiro atoms. The van der Waals surface area contributed by atoms with Crippen LogP contribution in [0.4, 0.5) is 5.82 Å². The van der Waals surface area contributed by atoms with E-state index in [1.54, 1.807) is 7.11 Å². The Morgan fingerprint density at radius 2 is 2.37 bits per heavy atom. The van der Waals surface area contributed by atoms with Crippen LogP contribution in [0.15, 0.2) is 6.07 Å². The van der Waals surface area contributed by atoms with Gasteiger partial charge in [0.15, 0.2) is 0 Å². The fourth-order valence-corrected chi connectivity index (χ4v) is 2.22. The lowest BCUT2D eigenvalue weighted by Gasteiger charge is -2.12. The van der Waals surface area contributed by atoms with Crippen LogP contribution in [0.1, 0.15) is 37.7 Å². The van der Waals surface area contributed by atoms with E-state index in [1.807, 2.05) is 6.07 Å². The number of methoxy groups -OCH3 is 1. The van der Waals surface area contributed by atoms with Crippen LogP contribution in [0.5, 0.6) is 0 Å². The second-order valence-electron chi connectivity index (χ2n) is 4.86. The molecule has 5 heteroatoms. The third kappa shape index (κ3) is 4.44. The van der Waals surface area contributed by atoms with E-state index in [0.717, 1.165) is 56.2 Å². The zero-order valence-electron chi connectivity index (χ0n) is 11.8. The molecule has 0 radical (unpaired) electrons. The predicted octanol–water partition coefficient (Wildman–Crippen LogP) is 2.17. The van der Waals surface area contributed by atoms with Crippen molar-refractivity contribution >= 4 is 5.82 Å². The minimum absolute atomic E-state index is 0.275. The van der Waals surface area contributed by atoms with E-state index >= 15 is 0 Å². The van der Waals surface area contributed by atoms with Crippen LogP contribution in [0.2, 0.25) is 0 Å². The van der Waals surface area contributed by atoms with Gasteiger partial charge in [0.2, 0.25) is 0 Å². The van der Waals surface area contributed by atoms with Crippen LogP contribution < -0.4 is 5.32 Å². The maximum Gasteiger partial charge on any atom is 0.133 e. The number of nitrogens with zero attached hydrogens (tertiary/aromatic N) is 2. The van der Waals surface area contributed by atoms with Gasteiger partial charge in [-0.1, -0.05) is 6.92 Å². The Morgan fingerprint density at radius 1 is 1.47 bits per heavy atom. The van der Waals surface area contributed by atoms with E-state index in [9.17, 15) is 0 Å². The molecular formula is C14H23N3O2. The van der Waals surface area contributed by atoms with E-state index in [1.165, 1.54) is 0 Å². The number of hydrogen-bond acceptors (Lipinski definition) is 5. The molecule has 1 saturated heterocycles. The molecule has 1 unspecified atom stereocenters. The highest BCUT2D eigenvalue weighted by atomic mass is 16.5. The van der Waals surface area contributed by atoms with Gasteiger partial charge in [0.25, 0.3) is 0 Å². The lowest BCUT2D eigenvalue weighted by atomic mass is 10.2. The van der Waals surface area contributed by atoms with E-state index in [4.69, 9.17) is 9.47 Å². The van der Waals surface area contributed by atoms with E-state index in [2.05, 4.69) is 22.2 Å². The third-order valence-corrected chi connectivity index (χ3v) is 3.11. The van der Waals surface area contributed by atoms with Crippen molar-refractivity contribution in [3.8, 4) is 0 Å². The Labute approximate surface area is 114 Å². The first-order chi connectivity index (χ1) is 9.31. The molecule has 0 aliphatic carbocycles. The van der Waals surface area contributed by atoms with Crippen LogP contribution in [-0.4, -0.2) is 36.3 Å². The molecule has 1 N–H and O–H groups in total. The standard InChI is InChI=1S/C14H23N3O2/c1-3-6-15-13-8-11(10-18-2)16-14(17-13)9-12-5-4-7-19-12/h8,12H,3-7,9-10H2,1-2H3,(H,15,16,17). The molecule has 1 fully saturated rings. The van der Waals surface area contributed by atoms with Gasteiger partial charge in [-0.15, -0.1) is 0 Å². The van der Waals surface area contributed by atoms with Gasteiger partial charge in [0.1, 0.15) is 11.6 Å². The normalized spacial score (nSPS) is 18.7. The monoisotopic (exact) mass is 265 g/mol. The molecule has 1 aromatic rings. The number of nitrogens with one attached hydrogen (secondary N) is 1. The van der Waals surface area contributed by atoms with Crippen molar-refractivity contribution in [3.05, 3.63) is 17.6 Å². The number of hydrogen-bond donors (Lipinski definition) is 1. The molecule has 19 heavy (non-hydrogen) atoms. The first-order valence-electron chi connectivity index (χ1n) is 7.03. The molecule has 0 aromatic carbocycles. The van der Waals surface area contributed by atoms with E-state index < -0.39 is 0 Å². The maximum absolute atomic E-state index is 5.65. The zero-order chi connectivity index (χ0) is 13.5. The summed E-state index contributed by atoms with van der Waals surface area (Å²) in [6, 6.07) is 1.96. The van der Waals surface area contributed by atoms with Gasteiger partial charge in [-0.25, -0.2) is 9.97 Å². The van der Waals surface area contributed by atoms with Crippen molar-refractivity contribution in [1.82, 2.24) is 9.97 Å². The molecule has 5 nitrogen and oxygen atoms in total. The molecule has 2 heterocycles. The van der Waals surface area contributed by atoms with Crippen LogP contribution in [0.25, 0.3) is 0 Å². The van der Waals surface area contributed by atoms with Crippen molar-refractivity contribution in [2.24, 2.45) is 0 Å². The fourth-order valence-electron chi connectivity index (χ4n) is 2.22. The summed E-state index contributed by atoms with van der Waals surface area (Å²) in [5, 5.41) is 3.31. The summed E-state index contributed by atoms with van der Waals surface area (Å²) >= 11 is 0. The molecule has 106 valence electrons. The Morgan fingerprint density at radius 3 is 3.05 bits per heavy atom. The molecular weight excluding hydrogens is 242 g/mol. The van der Waals surface area contributed by atoms with Crippen molar-refractivity contribution in [1.29, 1.82) is 0 Å². The Kier molecular flexibility index (Phi) is 5.54. The minimum Gasteiger partial charge on any atom is -0.378 e. The summed E-state index contributed by atoms with van der Waals surface area (Å²) < 4.78 is 10.8. The van der Waals surface area contributed by atoms with Gasteiger partial charge in [-0.05, 0) is 19.3 Å². The lowest BCUT2D eigenvalue weighted by Crippen LogP contribution is -2.14. The summed E-state index contributed by atoms with van der Waals surface area (Å²) in [6.07, 6.45) is 4.39. The lowest BCUT2D eigenvalue weighted by molar-refractivity contribution is 0.109. The molecule has 1 aliphatic rings. The largest absolute Gasteiger partial charge is 0.378 e. The van der Waals surface area contributed by atoms with Crippen LogP contribution in [0, 0.1) is 0 Å². The summed E-state index contributed by atoms with van der Waals surface area (Å²) in [7, 11) is 1.68. The minimum atomic E-state index is 0.275. The molecule has 0 saturated carbocycles. The van der Waals surface area contributed by atoms with Crippen LogP contribution in [0.3, 0.4) is 0 Å². The van der Waals surface area contributed by atoms with E-state index in [-0.39, 0.29) is 6.10 Å². The van der Waals surface area contributed by atoms with Crippen LogP contribution >= 0.6 is 0 Å². The van der Waals surface area contributed by atoms with Gasteiger partial charge >= 0.3 is 0 Å². The number of ether oxygens (including phenoxy) is 2. The molecule has 1 atom stereocenters. The highest BCUT2D eigenvalue weighted by Gasteiger charge is 2.18. The van der Waals surface area contributed by atoms with Crippen molar-refractivity contribution in [3.63, 3.8) is 0 Å². The summed E-state index contributed by atoms with van der Waals surface area (Å²) in [5.41, 5.74) is 0.920. The van der Waals surface area contributed by atoms with Crippen LogP contribution in [-0.2, 0) is 22.5 Å². The summed E-state index contributed by atoms with van der Waals surface area (Å²) in [6.45, 7) is 4.44. The summed E-state index contributed by atoms with van der Waals surface area (Å²) in [5.74, 6) is 1.73. The third-order valence-electron chi connectivity index (χ3n) is 3.11. The molecule has 1 aromatic heterocycles. The Bertz CT molecular complexity index is 392. The highest BCUT2D eigenvalue weighted by Crippen LogP contribution is 2.17. The summed E-state index contributed by atoms with van der Waals surface area (Å²) in [4.78, 5) is 9.10. The number of aromatic nitrogens is 2. The van der Waals surface area contributed by atoms with Crippen molar-refractivity contribution < 1.29 is 9.47 Å². The number of rotatable bonds is 7. The van der Waals surface area contributed by atoms with Crippen molar-refractivity contribution in [2.45, 2.75) is 45.3 Å². The SMILES string of the molecule is CCCNc1cc(COC)nc(CC2CCCO2)n1. The maximum atomic E-state index is 5.65. The average Bonchev–Trinajstić information content (AvgIpc) is 2.89. The average molecular weight is 265 g/mol. The topological polar surface area (TPSA) is 56.3 Å². The fraction of sp³-hybridized carbons (Fsp3) is 0.714. The Hall–Kier alpha value is -1.20. The van der Waals surface area contributed by atoms with Gasteiger partial charge in [-0.2, -0.15) is 0 Å². The van der Waals surface area contributed by atoms with E-state index in [0.29, 0.717) is 6.61 Å². The molecule has 2 rings (SSSR count). The highest BCUT2D eigenvalue weighted by molar-refractivity contribution is 5.36. The van der Waals surface area contributed by atoms with Gasteiger partial charge < -0.3 is 14.8 Å². The molecule has 0 amide bonds. The first-order valence-corrected chi connectivity index (χ1v) is 7.03.